The van der Waals surface area contributed by atoms with E-state index in [2.05, 4.69) is 10.0 Å². The molecule has 0 aliphatic rings. The van der Waals surface area contributed by atoms with Crippen molar-refractivity contribution in [2.75, 3.05) is 6.54 Å². The molecule has 0 spiro atoms. The van der Waals surface area contributed by atoms with Gasteiger partial charge >= 0.3 is 5.97 Å². The van der Waals surface area contributed by atoms with Gasteiger partial charge in [0, 0.05) is 23.7 Å². The average Bonchev–Trinajstić information content (AvgIpc) is 3.26. The van der Waals surface area contributed by atoms with E-state index in [1.54, 1.807) is 12.1 Å². The highest BCUT2D eigenvalue weighted by Gasteiger charge is 2.25. The fraction of sp³-hybridized carbons (Fsp3) is 0.286. The van der Waals surface area contributed by atoms with Crippen LogP contribution in [0.1, 0.15) is 37.7 Å². The molecule has 1 aromatic heterocycles. The second-order valence-corrected chi connectivity index (χ2v) is 10.7. The first kappa shape index (κ1) is 26.4. The summed E-state index contributed by atoms with van der Waals surface area (Å²) in [5.41, 5.74) is 2.39. The number of carboxylic acid groups (broad SMARTS) is 1. The molecule has 194 valence electrons. The first-order valence-electron chi connectivity index (χ1n) is 12.3. The van der Waals surface area contributed by atoms with Crippen LogP contribution in [0.2, 0.25) is 0 Å². The van der Waals surface area contributed by atoms with E-state index in [9.17, 15) is 23.1 Å². The minimum absolute atomic E-state index is 0.0273. The molecule has 4 rings (SSSR count). The summed E-state index contributed by atoms with van der Waals surface area (Å²) in [5, 5.41) is 13.9. The van der Waals surface area contributed by atoms with Crippen LogP contribution in [-0.2, 0) is 26.0 Å². The van der Waals surface area contributed by atoms with E-state index in [0.29, 0.717) is 42.4 Å². The molecule has 1 amide bonds. The lowest BCUT2D eigenvalue weighted by molar-refractivity contribution is -0.139. The zero-order valence-electron chi connectivity index (χ0n) is 20.4. The molecule has 1 heterocycles. The van der Waals surface area contributed by atoms with Gasteiger partial charge in [-0.25, -0.2) is 8.42 Å². The number of unbranched alkanes of at least 4 members (excludes halogenated alkanes) is 1. The number of fused-ring (bicyclic) bond motifs is 3. The first-order valence-corrected chi connectivity index (χ1v) is 13.8. The van der Waals surface area contributed by atoms with E-state index in [1.165, 1.54) is 17.7 Å². The van der Waals surface area contributed by atoms with Crippen molar-refractivity contribution < 1.29 is 27.5 Å². The summed E-state index contributed by atoms with van der Waals surface area (Å²) in [6.45, 7) is 0.410. The number of rotatable bonds is 13. The van der Waals surface area contributed by atoms with Gasteiger partial charge < -0.3 is 14.8 Å². The molecule has 0 aliphatic heterocycles. The van der Waals surface area contributed by atoms with Gasteiger partial charge in [-0.3, -0.25) is 9.59 Å². The highest BCUT2D eigenvalue weighted by atomic mass is 32.2. The number of nitrogens with one attached hydrogen (secondary N) is 2. The summed E-state index contributed by atoms with van der Waals surface area (Å²) in [7, 11) is -4.07. The second kappa shape index (κ2) is 12.0. The van der Waals surface area contributed by atoms with Gasteiger partial charge in [-0.2, -0.15) is 4.72 Å². The predicted octanol–water partition coefficient (Wildman–Crippen LogP) is 4.63. The zero-order valence-corrected chi connectivity index (χ0v) is 21.2. The van der Waals surface area contributed by atoms with Gasteiger partial charge in [0.15, 0.2) is 0 Å². The molecule has 3 aromatic carbocycles. The summed E-state index contributed by atoms with van der Waals surface area (Å²) < 4.78 is 34.0. The Morgan fingerprint density at radius 2 is 1.59 bits per heavy atom. The van der Waals surface area contributed by atoms with E-state index < -0.39 is 22.0 Å². The van der Waals surface area contributed by atoms with E-state index in [0.717, 1.165) is 18.2 Å². The Bertz CT molecular complexity index is 1480. The van der Waals surface area contributed by atoms with Crippen LogP contribution < -0.4 is 10.0 Å². The number of aliphatic carboxylic acids is 1. The highest BCUT2D eigenvalue weighted by Crippen LogP contribution is 2.30. The van der Waals surface area contributed by atoms with Crippen LogP contribution in [0.25, 0.3) is 21.9 Å². The molecular weight excluding hydrogens is 492 g/mol. The number of sulfonamides is 1. The number of hydrogen-bond acceptors (Lipinski definition) is 5. The van der Waals surface area contributed by atoms with Crippen LogP contribution >= 0.6 is 0 Å². The third kappa shape index (κ3) is 6.96. The molecule has 0 aliphatic carbocycles. The minimum atomic E-state index is -4.07. The lowest BCUT2D eigenvalue weighted by atomic mass is 10.1. The van der Waals surface area contributed by atoms with Gasteiger partial charge in [-0.15, -0.1) is 0 Å². The van der Waals surface area contributed by atoms with Crippen LogP contribution in [-0.4, -0.2) is 38.0 Å². The maximum absolute atomic E-state index is 13.0. The molecule has 9 heteroatoms. The largest absolute Gasteiger partial charge is 0.480 e. The number of furan rings is 1. The number of carbonyl (C=O) groups is 2. The summed E-state index contributed by atoms with van der Waals surface area (Å²) in [5.74, 6) is -1.29. The number of amides is 1. The number of hydrogen-bond donors (Lipinski definition) is 3. The van der Waals surface area contributed by atoms with Crippen LogP contribution in [0.5, 0.6) is 0 Å². The molecule has 8 nitrogen and oxygen atoms in total. The zero-order chi connectivity index (χ0) is 26.3. The Morgan fingerprint density at radius 1 is 0.865 bits per heavy atom. The van der Waals surface area contributed by atoms with Crippen LogP contribution in [0.3, 0.4) is 0 Å². The Labute approximate surface area is 215 Å². The van der Waals surface area contributed by atoms with Gasteiger partial charge in [0.1, 0.15) is 17.2 Å². The van der Waals surface area contributed by atoms with Crippen molar-refractivity contribution in [3.63, 3.8) is 0 Å². The van der Waals surface area contributed by atoms with Gasteiger partial charge in [0.05, 0.1) is 4.90 Å². The SMILES string of the molecule is O=C(CCCc1ccccc1)NCCCCC(NS(=O)(=O)c1ccc2oc3ccccc3c2c1)C(=O)O. The van der Waals surface area contributed by atoms with E-state index in [-0.39, 0.29) is 17.2 Å². The van der Waals surface area contributed by atoms with Crippen molar-refractivity contribution in [1.29, 1.82) is 0 Å². The van der Waals surface area contributed by atoms with Crippen molar-refractivity contribution in [3.8, 4) is 0 Å². The lowest BCUT2D eigenvalue weighted by Crippen LogP contribution is -2.40. The quantitative estimate of drug-likeness (QED) is 0.220. The summed E-state index contributed by atoms with van der Waals surface area (Å²) in [6, 6.07) is 20.5. The maximum atomic E-state index is 13.0. The topological polar surface area (TPSA) is 126 Å². The molecule has 0 fully saturated rings. The molecule has 0 radical (unpaired) electrons. The Morgan fingerprint density at radius 3 is 2.38 bits per heavy atom. The molecule has 3 N–H and O–H groups in total. The van der Waals surface area contributed by atoms with Gasteiger partial charge in [0.2, 0.25) is 15.9 Å². The smallest absolute Gasteiger partial charge is 0.321 e. The predicted molar refractivity (Wildman–Crippen MR) is 142 cm³/mol. The van der Waals surface area contributed by atoms with Crippen molar-refractivity contribution in [3.05, 3.63) is 78.4 Å². The van der Waals surface area contributed by atoms with Crippen LogP contribution in [0.4, 0.5) is 0 Å². The van der Waals surface area contributed by atoms with Crippen molar-refractivity contribution in [2.24, 2.45) is 0 Å². The summed E-state index contributed by atoms with van der Waals surface area (Å²) in [6.07, 6.45) is 3.09. The van der Waals surface area contributed by atoms with Gasteiger partial charge in [-0.05, 0) is 61.9 Å². The molecule has 1 unspecified atom stereocenters. The Kier molecular flexibility index (Phi) is 8.58. The van der Waals surface area contributed by atoms with Crippen molar-refractivity contribution in [2.45, 2.75) is 49.5 Å². The van der Waals surface area contributed by atoms with Crippen molar-refractivity contribution >= 4 is 43.8 Å². The molecule has 0 saturated heterocycles. The van der Waals surface area contributed by atoms with Gasteiger partial charge in [0.25, 0.3) is 0 Å². The maximum Gasteiger partial charge on any atom is 0.321 e. The normalized spacial score (nSPS) is 12.5. The van der Waals surface area contributed by atoms with Gasteiger partial charge in [-0.1, -0.05) is 48.5 Å². The average molecular weight is 523 g/mol. The summed E-state index contributed by atoms with van der Waals surface area (Å²) >= 11 is 0. The van der Waals surface area contributed by atoms with Crippen LogP contribution in [0.15, 0.2) is 82.1 Å². The highest BCUT2D eigenvalue weighted by molar-refractivity contribution is 7.89. The van der Waals surface area contributed by atoms with Crippen molar-refractivity contribution in [1.82, 2.24) is 10.0 Å². The molecule has 0 saturated carbocycles. The number of benzene rings is 3. The van der Waals surface area contributed by atoms with Crippen LogP contribution in [0, 0.1) is 0 Å². The first-order chi connectivity index (χ1) is 17.8. The van der Waals surface area contributed by atoms with E-state index >= 15 is 0 Å². The van der Waals surface area contributed by atoms with E-state index in [1.807, 2.05) is 48.5 Å². The fourth-order valence-corrected chi connectivity index (χ4v) is 5.50. The molecular formula is C28H30N2O6S. The molecule has 4 aromatic rings. The Balaban J connectivity index is 1.25. The van der Waals surface area contributed by atoms with E-state index in [4.69, 9.17) is 4.42 Å². The fourth-order valence-electron chi connectivity index (χ4n) is 4.25. The number of carboxylic acids is 1. The molecule has 1 atom stereocenters. The molecule has 37 heavy (non-hydrogen) atoms. The third-order valence-corrected chi connectivity index (χ3v) is 7.68. The second-order valence-electron chi connectivity index (χ2n) is 8.95. The lowest BCUT2D eigenvalue weighted by Gasteiger charge is -2.15. The Hall–Kier alpha value is -3.69. The number of carbonyl (C=O) groups excluding carboxylic acids is 1. The monoisotopic (exact) mass is 522 g/mol. The molecule has 0 bridgehead atoms. The summed E-state index contributed by atoms with van der Waals surface area (Å²) in [4.78, 5) is 23.8. The third-order valence-electron chi connectivity index (χ3n) is 6.21. The number of para-hydroxylation sites is 1. The number of aryl methyl sites for hydroxylation is 1. The standard InChI is InChI=1S/C28H30N2O6S/c31-27(15-8-11-20-9-2-1-3-10-20)29-18-7-6-13-24(28(32)33)30-37(34,35)21-16-17-26-23(19-21)22-12-4-5-14-25(22)36-26/h1-5,9-10,12,14,16-17,19,24,30H,6-8,11,13,15,18H2,(H,29,31)(H,32,33). The minimum Gasteiger partial charge on any atom is -0.480 e.